The summed E-state index contributed by atoms with van der Waals surface area (Å²) in [6, 6.07) is 7.74. The van der Waals surface area contributed by atoms with E-state index in [0.29, 0.717) is 17.7 Å². The van der Waals surface area contributed by atoms with Crippen LogP contribution in [0, 0.1) is 0 Å². The molecule has 0 saturated heterocycles. The number of hydrogen-bond donors (Lipinski definition) is 0. The molecule has 0 aliphatic heterocycles. The highest BCUT2D eigenvalue weighted by Gasteiger charge is 2.02. The van der Waals surface area contributed by atoms with Crippen LogP contribution in [0.3, 0.4) is 0 Å². The summed E-state index contributed by atoms with van der Waals surface area (Å²) in [5.74, 6) is 0.800. The van der Waals surface area contributed by atoms with Crippen LogP contribution in [0.2, 0.25) is 5.02 Å². The van der Waals surface area contributed by atoms with E-state index in [0.717, 1.165) is 11.4 Å². The van der Waals surface area contributed by atoms with Gasteiger partial charge in [0.2, 0.25) is 0 Å². The average Bonchev–Trinajstić information content (AvgIpc) is 2.77. The first kappa shape index (κ1) is 12.0. The van der Waals surface area contributed by atoms with Crippen LogP contribution in [0.25, 0.3) is 0 Å². The molecule has 0 unspecified atom stereocenters. The van der Waals surface area contributed by atoms with Crippen molar-refractivity contribution in [3.05, 3.63) is 47.5 Å². The Hall–Kier alpha value is -1.48. The summed E-state index contributed by atoms with van der Waals surface area (Å²) < 4.78 is 7.66. The standard InChI is InChI=1S/C13H15ClN2O/c1-10(2)16-7-12(15-9-16)8-17-13-5-3-11(14)4-6-13/h3-7,9-10H,8H2,1-2H3. The minimum Gasteiger partial charge on any atom is -0.487 e. The highest BCUT2D eigenvalue weighted by molar-refractivity contribution is 6.30. The zero-order valence-electron chi connectivity index (χ0n) is 9.93. The summed E-state index contributed by atoms with van der Waals surface area (Å²) in [6.45, 7) is 4.71. The number of rotatable bonds is 4. The molecule has 0 fully saturated rings. The fourth-order valence-corrected chi connectivity index (χ4v) is 1.55. The molecule has 0 spiro atoms. The van der Waals surface area contributed by atoms with Crippen molar-refractivity contribution < 1.29 is 4.74 Å². The summed E-state index contributed by atoms with van der Waals surface area (Å²) in [5.41, 5.74) is 0.925. The van der Waals surface area contributed by atoms with Gasteiger partial charge < -0.3 is 9.30 Å². The predicted octanol–water partition coefficient (Wildman–Crippen LogP) is 3.70. The summed E-state index contributed by atoms with van der Waals surface area (Å²) in [5, 5.41) is 0.710. The third-order valence-corrected chi connectivity index (χ3v) is 2.70. The molecule has 1 aromatic heterocycles. The molecule has 2 rings (SSSR count). The highest BCUT2D eigenvalue weighted by atomic mass is 35.5. The maximum Gasteiger partial charge on any atom is 0.132 e. The second-order valence-electron chi connectivity index (χ2n) is 4.15. The lowest BCUT2D eigenvalue weighted by Crippen LogP contribution is -1.97. The third kappa shape index (κ3) is 3.24. The Balaban J connectivity index is 1.95. The van der Waals surface area contributed by atoms with Crippen molar-refractivity contribution in [2.75, 3.05) is 0 Å². The number of nitrogens with zero attached hydrogens (tertiary/aromatic N) is 2. The van der Waals surface area contributed by atoms with E-state index in [4.69, 9.17) is 16.3 Å². The van der Waals surface area contributed by atoms with Crippen LogP contribution < -0.4 is 4.74 Å². The maximum atomic E-state index is 5.80. The van der Waals surface area contributed by atoms with Crippen LogP contribution in [0.4, 0.5) is 0 Å². The summed E-state index contributed by atoms with van der Waals surface area (Å²) >= 11 is 5.80. The van der Waals surface area contributed by atoms with Gasteiger partial charge in [-0.15, -0.1) is 0 Å². The number of ether oxygens (including phenoxy) is 1. The Bertz CT molecular complexity index is 476. The van der Waals surface area contributed by atoms with Gasteiger partial charge in [0, 0.05) is 17.3 Å². The summed E-state index contributed by atoms with van der Waals surface area (Å²) in [6.07, 6.45) is 3.83. The smallest absolute Gasteiger partial charge is 0.132 e. The van der Waals surface area contributed by atoms with E-state index in [9.17, 15) is 0 Å². The molecular weight excluding hydrogens is 236 g/mol. The third-order valence-electron chi connectivity index (χ3n) is 2.45. The van der Waals surface area contributed by atoms with Gasteiger partial charge in [0.05, 0.1) is 12.0 Å². The SMILES string of the molecule is CC(C)n1cnc(COc2ccc(Cl)cc2)c1. The molecule has 0 atom stereocenters. The molecule has 0 amide bonds. The largest absolute Gasteiger partial charge is 0.487 e. The second-order valence-corrected chi connectivity index (χ2v) is 4.58. The number of hydrogen-bond acceptors (Lipinski definition) is 2. The van der Waals surface area contributed by atoms with Gasteiger partial charge in [0.15, 0.2) is 0 Å². The molecule has 0 aliphatic rings. The molecule has 0 saturated carbocycles. The molecule has 0 bridgehead atoms. The molecule has 90 valence electrons. The lowest BCUT2D eigenvalue weighted by atomic mass is 10.3. The minimum absolute atomic E-state index is 0.423. The first-order valence-corrected chi connectivity index (χ1v) is 5.93. The lowest BCUT2D eigenvalue weighted by molar-refractivity contribution is 0.301. The number of aromatic nitrogens is 2. The van der Waals surface area contributed by atoms with Crippen molar-refractivity contribution in [1.82, 2.24) is 9.55 Å². The van der Waals surface area contributed by atoms with Crippen LogP contribution in [0.1, 0.15) is 25.6 Å². The molecule has 0 N–H and O–H groups in total. The van der Waals surface area contributed by atoms with Crippen molar-refractivity contribution in [3.8, 4) is 5.75 Å². The quantitative estimate of drug-likeness (QED) is 0.827. The van der Waals surface area contributed by atoms with Crippen LogP contribution >= 0.6 is 11.6 Å². The van der Waals surface area contributed by atoms with E-state index in [2.05, 4.69) is 23.4 Å². The summed E-state index contributed by atoms with van der Waals surface area (Å²) in [7, 11) is 0. The zero-order valence-corrected chi connectivity index (χ0v) is 10.7. The molecule has 17 heavy (non-hydrogen) atoms. The van der Waals surface area contributed by atoms with Gasteiger partial charge >= 0.3 is 0 Å². The Morgan fingerprint density at radius 1 is 1.29 bits per heavy atom. The lowest BCUT2D eigenvalue weighted by Gasteiger charge is -2.05. The first-order chi connectivity index (χ1) is 8.15. The van der Waals surface area contributed by atoms with Gasteiger partial charge in [-0.25, -0.2) is 4.98 Å². The normalized spacial score (nSPS) is 10.8. The predicted molar refractivity (Wildman–Crippen MR) is 68.4 cm³/mol. The molecular formula is C13H15ClN2O. The Morgan fingerprint density at radius 3 is 2.59 bits per heavy atom. The van der Waals surface area contributed by atoms with E-state index >= 15 is 0 Å². The molecule has 4 heteroatoms. The Kier molecular flexibility index (Phi) is 3.69. The Labute approximate surface area is 106 Å². The van der Waals surface area contributed by atoms with E-state index in [1.807, 2.05) is 36.8 Å². The molecule has 1 aromatic carbocycles. The van der Waals surface area contributed by atoms with Gasteiger partial charge in [-0.2, -0.15) is 0 Å². The van der Waals surface area contributed by atoms with E-state index < -0.39 is 0 Å². The fourth-order valence-electron chi connectivity index (χ4n) is 1.42. The van der Waals surface area contributed by atoms with Crippen molar-refractivity contribution in [2.24, 2.45) is 0 Å². The first-order valence-electron chi connectivity index (χ1n) is 5.56. The summed E-state index contributed by atoms with van der Waals surface area (Å²) in [4.78, 5) is 4.28. The van der Waals surface area contributed by atoms with Crippen molar-refractivity contribution in [2.45, 2.75) is 26.5 Å². The minimum atomic E-state index is 0.423. The molecule has 3 nitrogen and oxygen atoms in total. The van der Waals surface area contributed by atoms with Gasteiger partial charge in [-0.1, -0.05) is 11.6 Å². The van der Waals surface area contributed by atoms with Crippen molar-refractivity contribution >= 4 is 11.6 Å². The average molecular weight is 251 g/mol. The topological polar surface area (TPSA) is 27.1 Å². The van der Waals surface area contributed by atoms with Gasteiger partial charge in [-0.05, 0) is 38.1 Å². The van der Waals surface area contributed by atoms with E-state index in [1.54, 1.807) is 0 Å². The number of halogens is 1. The van der Waals surface area contributed by atoms with Gasteiger partial charge in [-0.3, -0.25) is 0 Å². The molecule has 0 aliphatic carbocycles. The fraction of sp³-hybridized carbons (Fsp3) is 0.308. The van der Waals surface area contributed by atoms with E-state index in [-0.39, 0.29) is 0 Å². The molecule has 2 aromatic rings. The van der Waals surface area contributed by atoms with Crippen LogP contribution in [0.15, 0.2) is 36.8 Å². The van der Waals surface area contributed by atoms with Crippen molar-refractivity contribution in [3.63, 3.8) is 0 Å². The van der Waals surface area contributed by atoms with Gasteiger partial charge in [0.1, 0.15) is 12.4 Å². The molecule has 1 heterocycles. The van der Waals surface area contributed by atoms with Crippen LogP contribution in [-0.4, -0.2) is 9.55 Å². The zero-order chi connectivity index (χ0) is 12.3. The van der Waals surface area contributed by atoms with Crippen LogP contribution in [0.5, 0.6) is 5.75 Å². The number of imidazole rings is 1. The Morgan fingerprint density at radius 2 is 2.00 bits per heavy atom. The van der Waals surface area contributed by atoms with Gasteiger partial charge in [0.25, 0.3) is 0 Å². The maximum absolute atomic E-state index is 5.80. The monoisotopic (exact) mass is 250 g/mol. The van der Waals surface area contributed by atoms with Crippen LogP contribution in [-0.2, 0) is 6.61 Å². The van der Waals surface area contributed by atoms with E-state index in [1.165, 1.54) is 0 Å². The highest BCUT2D eigenvalue weighted by Crippen LogP contribution is 2.16. The number of benzene rings is 1. The second kappa shape index (κ2) is 5.23. The molecule has 0 radical (unpaired) electrons. The van der Waals surface area contributed by atoms with Crippen molar-refractivity contribution in [1.29, 1.82) is 0 Å².